The molecule has 0 spiro atoms. The van der Waals surface area contributed by atoms with Crippen LogP contribution in [0, 0.1) is 0 Å². The number of alkyl halides is 3. The number of halogens is 4. The fourth-order valence-corrected chi connectivity index (χ4v) is 3.15. The van der Waals surface area contributed by atoms with Crippen LogP contribution in [0.5, 0.6) is 0 Å². The predicted octanol–water partition coefficient (Wildman–Crippen LogP) is 5.37. The van der Waals surface area contributed by atoms with Gasteiger partial charge in [-0.3, -0.25) is 0 Å². The van der Waals surface area contributed by atoms with E-state index in [0.717, 1.165) is 23.8 Å². The summed E-state index contributed by atoms with van der Waals surface area (Å²) in [5.74, 6) is -0.848. The van der Waals surface area contributed by atoms with E-state index in [1.807, 2.05) is 30.3 Å². The topological polar surface area (TPSA) is 59.6 Å². The Balaban J connectivity index is 1.75. The number of rotatable bonds is 3. The summed E-state index contributed by atoms with van der Waals surface area (Å²) in [4.78, 5) is 12.5. The molecule has 1 heterocycles. The maximum absolute atomic E-state index is 12.9. The zero-order valence-corrected chi connectivity index (χ0v) is 16.5. The van der Waals surface area contributed by atoms with E-state index in [1.165, 1.54) is 0 Å². The van der Waals surface area contributed by atoms with Crippen molar-refractivity contribution in [1.82, 2.24) is 5.32 Å². The van der Waals surface area contributed by atoms with E-state index in [1.54, 1.807) is 13.8 Å². The summed E-state index contributed by atoms with van der Waals surface area (Å²) in [5, 5.41) is 5.06. The summed E-state index contributed by atoms with van der Waals surface area (Å²) < 4.78 is 50.4. The van der Waals surface area contributed by atoms with Crippen molar-refractivity contribution in [3.63, 3.8) is 0 Å². The van der Waals surface area contributed by atoms with Crippen molar-refractivity contribution in [3.05, 3.63) is 64.7 Å². The number of urea groups is 1. The van der Waals surface area contributed by atoms with Gasteiger partial charge in [0.05, 0.1) is 28.9 Å². The minimum absolute atomic E-state index is 0.00923. The zero-order valence-electron chi connectivity index (χ0n) is 15.7. The van der Waals surface area contributed by atoms with Crippen molar-refractivity contribution >= 4 is 23.3 Å². The van der Waals surface area contributed by atoms with Crippen molar-refractivity contribution < 1.29 is 27.4 Å². The predicted molar refractivity (Wildman–Crippen MR) is 103 cm³/mol. The number of ether oxygens (including phenoxy) is 2. The molecule has 2 N–H and O–H groups in total. The summed E-state index contributed by atoms with van der Waals surface area (Å²) in [6, 6.07) is 10.7. The monoisotopic (exact) mass is 428 g/mol. The van der Waals surface area contributed by atoms with Crippen LogP contribution in [0.3, 0.4) is 0 Å². The van der Waals surface area contributed by atoms with Gasteiger partial charge in [-0.15, -0.1) is 0 Å². The molecule has 2 atom stereocenters. The highest BCUT2D eigenvalue weighted by atomic mass is 35.5. The van der Waals surface area contributed by atoms with Crippen LogP contribution >= 0.6 is 11.6 Å². The number of hydrogen-bond donors (Lipinski definition) is 2. The molecule has 1 aliphatic rings. The highest BCUT2D eigenvalue weighted by Crippen LogP contribution is 2.35. The lowest BCUT2D eigenvalue weighted by molar-refractivity contribution is -0.284. The lowest BCUT2D eigenvalue weighted by Gasteiger charge is -2.41. The van der Waals surface area contributed by atoms with Gasteiger partial charge >= 0.3 is 12.2 Å². The summed E-state index contributed by atoms with van der Waals surface area (Å²) in [6.07, 6.45) is -5.05. The van der Waals surface area contributed by atoms with Gasteiger partial charge in [0, 0.05) is 0 Å². The third-order valence-electron chi connectivity index (χ3n) is 4.37. The molecular formula is C20H20ClF3N2O3. The first-order valence-corrected chi connectivity index (χ1v) is 9.24. The second-order valence-electron chi connectivity index (χ2n) is 7.06. The van der Waals surface area contributed by atoms with Gasteiger partial charge in [-0.1, -0.05) is 41.9 Å². The Morgan fingerprint density at radius 3 is 2.52 bits per heavy atom. The summed E-state index contributed by atoms with van der Waals surface area (Å²) in [5.41, 5.74) is -0.218. The average Bonchev–Trinajstić information content (AvgIpc) is 2.64. The number of nitrogens with one attached hydrogen (secondary N) is 2. The first-order valence-electron chi connectivity index (χ1n) is 8.86. The first-order chi connectivity index (χ1) is 13.5. The van der Waals surface area contributed by atoms with E-state index in [-0.39, 0.29) is 17.3 Å². The summed E-state index contributed by atoms with van der Waals surface area (Å²) >= 11 is 5.94. The Kier molecular flexibility index (Phi) is 6.07. The number of anilines is 1. The lowest BCUT2D eigenvalue weighted by Crippen LogP contribution is -2.52. The van der Waals surface area contributed by atoms with Gasteiger partial charge in [-0.05, 0) is 37.6 Å². The normalized spacial score (nSPS) is 21.4. The van der Waals surface area contributed by atoms with Crippen molar-refractivity contribution in [1.29, 1.82) is 0 Å². The van der Waals surface area contributed by atoms with Crippen LogP contribution in [0.25, 0.3) is 0 Å². The molecular weight excluding hydrogens is 409 g/mol. The number of amides is 2. The zero-order chi connectivity index (χ0) is 21.2. The fourth-order valence-electron chi connectivity index (χ4n) is 2.98. The summed E-state index contributed by atoms with van der Waals surface area (Å²) in [7, 11) is 0. The largest absolute Gasteiger partial charge is 0.416 e. The maximum atomic E-state index is 12.9. The molecule has 0 aliphatic carbocycles. The van der Waals surface area contributed by atoms with E-state index >= 15 is 0 Å². The molecule has 0 unspecified atom stereocenters. The van der Waals surface area contributed by atoms with Gasteiger partial charge in [0.2, 0.25) is 0 Å². The van der Waals surface area contributed by atoms with Crippen LogP contribution in [0.4, 0.5) is 23.7 Å². The fraction of sp³-hybridized carbons (Fsp3) is 0.350. The van der Waals surface area contributed by atoms with Gasteiger partial charge in [-0.25, -0.2) is 4.79 Å². The molecule has 156 valence electrons. The first kappa shape index (κ1) is 21.4. The molecule has 5 nitrogen and oxygen atoms in total. The third-order valence-corrected chi connectivity index (χ3v) is 4.70. The van der Waals surface area contributed by atoms with E-state index in [2.05, 4.69) is 10.6 Å². The second kappa shape index (κ2) is 8.22. The average molecular weight is 429 g/mol. The second-order valence-corrected chi connectivity index (χ2v) is 7.46. The number of carbonyl (C=O) groups excluding carboxylic acids is 1. The summed E-state index contributed by atoms with van der Waals surface area (Å²) in [6.45, 7) is 3.69. The number of carbonyl (C=O) groups is 1. The molecule has 29 heavy (non-hydrogen) atoms. The van der Waals surface area contributed by atoms with Crippen LogP contribution in [0.2, 0.25) is 5.02 Å². The molecule has 0 radical (unpaired) electrons. The molecule has 2 amide bonds. The van der Waals surface area contributed by atoms with E-state index in [0.29, 0.717) is 0 Å². The SMILES string of the molecule is CC1(C)OC[C@H](NC(=O)Nc2cc(C(F)(F)F)ccc2Cl)[C@@H](c2ccccc2)O1. The van der Waals surface area contributed by atoms with Crippen LogP contribution < -0.4 is 10.6 Å². The van der Waals surface area contributed by atoms with Crippen LogP contribution in [0.1, 0.15) is 31.1 Å². The minimum Gasteiger partial charge on any atom is -0.348 e. The van der Waals surface area contributed by atoms with Crippen LogP contribution in [-0.2, 0) is 15.7 Å². The molecule has 0 saturated carbocycles. The Bertz CT molecular complexity index is 875. The molecule has 0 bridgehead atoms. The molecule has 3 rings (SSSR count). The van der Waals surface area contributed by atoms with Gasteiger partial charge in [-0.2, -0.15) is 13.2 Å². The van der Waals surface area contributed by atoms with Crippen molar-refractivity contribution in [2.75, 3.05) is 11.9 Å². The Morgan fingerprint density at radius 1 is 1.17 bits per heavy atom. The Labute approximate surface area is 171 Å². The molecule has 1 aliphatic heterocycles. The quantitative estimate of drug-likeness (QED) is 0.690. The number of benzene rings is 2. The van der Waals surface area contributed by atoms with Crippen molar-refractivity contribution in [3.8, 4) is 0 Å². The maximum Gasteiger partial charge on any atom is 0.416 e. The van der Waals surface area contributed by atoms with Gasteiger partial charge in [0.25, 0.3) is 0 Å². The molecule has 1 fully saturated rings. The minimum atomic E-state index is -4.55. The number of hydrogen-bond acceptors (Lipinski definition) is 3. The molecule has 2 aromatic rings. The van der Waals surface area contributed by atoms with E-state index in [9.17, 15) is 18.0 Å². The molecule has 1 saturated heterocycles. The Hall–Kier alpha value is -2.29. The van der Waals surface area contributed by atoms with Crippen LogP contribution in [0.15, 0.2) is 48.5 Å². The lowest BCUT2D eigenvalue weighted by atomic mass is 10.0. The standard InChI is InChI=1S/C20H20ClF3N2O3/c1-19(2)28-11-16(17(29-19)12-6-4-3-5-7-12)26-18(27)25-15-10-13(20(22,23)24)8-9-14(15)21/h3-10,16-17H,11H2,1-2H3,(H2,25,26,27)/t16-,17+/m0/s1. The van der Waals surface area contributed by atoms with Gasteiger partial charge in [0.15, 0.2) is 5.79 Å². The van der Waals surface area contributed by atoms with Gasteiger partial charge < -0.3 is 20.1 Å². The highest BCUT2D eigenvalue weighted by molar-refractivity contribution is 6.33. The van der Waals surface area contributed by atoms with E-state index < -0.39 is 35.7 Å². The molecule has 9 heteroatoms. The van der Waals surface area contributed by atoms with E-state index in [4.69, 9.17) is 21.1 Å². The van der Waals surface area contributed by atoms with Crippen molar-refractivity contribution in [2.24, 2.45) is 0 Å². The Morgan fingerprint density at radius 2 is 1.86 bits per heavy atom. The molecule has 2 aromatic carbocycles. The van der Waals surface area contributed by atoms with Crippen LogP contribution in [-0.4, -0.2) is 24.5 Å². The highest BCUT2D eigenvalue weighted by Gasteiger charge is 2.38. The van der Waals surface area contributed by atoms with Gasteiger partial charge in [0.1, 0.15) is 6.10 Å². The molecule has 0 aromatic heterocycles. The van der Waals surface area contributed by atoms with Crippen molar-refractivity contribution in [2.45, 2.75) is 38.0 Å². The third kappa shape index (κ3) is 5.41. The smallest absolute Gasteiger partial charge is 0.348 e.